The molecule has 78 valence electrons. The minimum atomic E-state index is -0.223. The van der Waals surface area contributed by atoms with Crippen molar-refractivity contribution < 1.29 is 9.53 Å². The summed E-state index contributed by atoms with van der Waals surface area (Å²) in [7, 11) is 0. The van der Waals surface area contributed by atoms with Gasteiger partial charge in [0.25, 0.3) is 0 Å². The lowest BCUT2D eigenvalue weighted by molar-refractivity contribution is -0.137. The predicted octanol–water partition coefficient (Wildman–Crippen LogP) is 2.85. The van der Waals surface area contributed by atoms with E-state index in [1.165, 1.54) is 5.57 Å². The minimum Gasteiger partial charge on any atom is -0.463 e. The molecular formula is C12H18O2. The Balaban J connectivity index is 2.77. The second-order valence-electron chi connectivity index (χ2n) is 4.14. The van der Waals surface area contributed by atoms with Gasteiger partial charge in [-0.2, -0.15) is 0 Å². The van der Waals surface area contributed by atoms with Gasteiger partial charge in [-0.15, -0.1) is 0 Å². The van der Waals surface area contributed by atoms with Gasteiger partial charge in [-0.1, -0.05) is 25.5 Å². The Labute approximate surface area is 85.6 Å². The lowest BCUT2D eigenvalue weighted by atomic mass is 9.82. The van der Waals surface area contributed by atoms with Crippen molar-refractivity contribution in [1.82, 2.24) is 0 Å². The molecule has 1 aliphatic rings. The quantitative estimate of drug-likeness (QED) is 0.384. The van der Waals surface area contributed by atoms with Crippen molar-refractivity contribution in [2.45, 2.75) is 34.1 Å². The van der Waals surface area contributed by atoms with E-state index in [4.69, 9.17) is 4.74 Å². The van der Waals surface area contributed by atoms with Crippen LogP contribution in [0.5, 0.6) is 0 Å². The highest BCUT2D eigenvalue weighted by molar-refractivity contribution is 5.83. The highest BCUT2D eigenvalue weighted by Crippen LogP contribution is 2.42. The van der Waals surface area contributed by atoms with Crippen LogP contribution < -0.4 is 0 Å². The van der Waals surface area contributed by atoms with E-state index in [1.54, 1.807) is 6.08 Å². The summed E-state index contributed by atoms with van der Waals surface area (Å²) in [6, 6.07) is 0. The number of carbonyl (C=O) groups is 1. The van der Waals surface area contributed by atoms with Crippen LogP contribution in [0, 0.1) is 5.41 Å². The minimum absolute atomic E-state index is 0.0206. The summed E-state index contributed by atoms with van der Waals surface area (Å²) in [5, 5.41) is 0. The van der Waals surface area contributed by atoms with Gasteiger partial charge < -0.3 is 4.74 Å². The lowest BCUT2D eigenvalue weighted by Gasteiger charge is -2.22. The van der Waals surface area contributed by atoms with Crippen molar-refractivity contribution in [1.29, 1.82) is 0 Å². The number of hydrogen-bond acceptors (Lipinski definition) is 2. The molecule has 0 amide bonds. The van der Waals surface area contributed by atoms with Crippen LogP contribution in [0.1, 0.15) is 34.1 Å². The SMILES string of the molecule is CCOC(=O)/C=C1\CC=C(C)C1(C)C. The van der Waals surface area contributed by atoms with E-state index in [9.17, 15) is 4.79 Å². The van der Waals surface area contributed by atoms with Crippen molar-refractivity contribution >= 4 is 5.97 Å². The van der Waals surface area contributed by atoms with Crippen LogP contribution in [0.25, 0.3) is 0 Å². The largest absolute Gasteiger partial charge is 0.463 e. The first-order valence-corrected chi connectivity index (χ1v) is 5.03. The van der Waals surface area contributed by atoms with E-state index in [0.29, 0.717) is 6.61 Å². The van der Waals surface area contributed by atoms with Crippen molar-refractivity contribution in [3.8, 4) is 0 Å². The van der Waals surface area contributed by atoms with E-state index in [-0.39, 0.29) is 11.4 Å². The average molecular weight is 194 g/mol. The third-order valence-electron chi connectivity index (χ3n) is 3.00. The molecule has 0 aromatic heterocycles. The van der Waals surface area contributed by atoms with Crippen LogP contribution in [0.3, 0.4) is 0 Å². The third-order valence-corrected chi connectivity index (χ3v) is 3.00. The van der Waals surface area contributed by atoms with Gasteiger partial charge in [0.15, 0.2) is 0 Å². The second-order valence-corrected chi connectivity index (χ2v) is 4.14. The number of rotatable bonds is 2. The topological polar surface area (TPSA) is 26.3 Å². The summed E-state index contributed by atoms with van der Waals surface area (Å²) >= 11 is 0. The van der Waals surface area contributed by atoms with E-state index >= 15 is 0 Å². The van der Waals surface area contributed by atoms with Gasteiger partial charge in [0, 0.05) is 11.5 Å². The van der Waals surface area contributed by atoms with Gasteiger partial charge >= 0.3 is 5.97 Å². The Morgan fingerprint density at radius 1 is 1.64 bits per heavy atom. The molecule has 0 N–H and O–H groups in total. The fraction of sp³-hybridized carbons (Fsp3) is 0.583. The average Bonchev–Trinajstić information content (AvgIpc) is 2.32. The smallest absolute Gasteiger partial charge is 0.330 e. The third kappa shape index (κ3) is 2.06. The monoisotopic (exact) mass is 194 g/mol. The molecule has 2 nitrogen and oxygen atoms in total. The van der Waals surface area contributed by atoms with Gasteiger partial charge in [0.1, 0.15) is 0 Å². The number of esters is 1. The molecule has 0 fully saturated rings. The number of ether oxygens (including phenoxy) is 1. The molecule has 0 atom stereocenters. The van der Waals surface area contributed by atoms with Gasteiger partial charge in [0.05, 0.1) is 6.61 Å². The zero-order valence-electron chi connectivity index (χ0n) is 9.39. The molecule has 1 aliphatic carbocycles. The molecule has 0 radical (unpaired) electrons. The standard InChI is InChI=1S/C12H18O2/c1-5-14-11(13)8-10-7-6-9(2)12(10,3)4/h6,8H,5,7H2,1-4H3/b10-8+. The normalized spacial score (nSPS) is 22.3. The molecule has 0 bridgehead atoms. The zero-order valence-corrected chi connectivity index (χ0v) is 9.39. The summed E-state index contributed by atoms with van der Waals surface area (Å²) in [5.41, 5.74) is 2.49. The second kappa shape index (κ2) is 3.99. The highest BCUT2D eigenvalue weighted by Gasteiger charge is 2.29. The Kier molecular flexibility index (Phi) is 3.14. The molecule has 2 heteroatoms. The molecule has 0 saturated heterocycles. The maximum Gasteiger partial charge on any atom is 0.330 e. The van der Waals surface area contributed by atoms with E-state index < -0.39 is 0 Å². The van der Waals surface area contributed by atoms with Crippen LogP contribution in [-0.4, -0.2) is 12.6 Å². The Morgan fingerprint density at radius 2 is 2.29 bits per heavy atom. The van der Waals surface area contributed by atoms with Crippen LogP contribution in [0.2, 0.25) is 0 Å². The molecule has 0 aliphatic heterocycles. The lowest BCUT2D eigenvalue weighted by Crippen LogP contribution is -2.13. The van der Waals surface area contributed by atoms with Gasteiger partial charge in [-0.05, 0) is 25.8 Å². The van der Waals surface area contributed by atoms with Gasteiger partial charge in [-0.25, -0.2) is 4.79 Å². The molecule has 0 aromatic carbocycles. The van der Waals surface area contributed by atoms with Gasteiger partial charge in [-0.3, -0.25) is 0 Å². The van der Waals surface area contributed by atoms with Crippen LogP contribution in [0.15, 0.2) is 23.3 Å². The van der Waals surface area contributed by atoms with Crippen LogP contribution in [-0.2, 0) is 9.53 Å². The number of allylic oxidation sites excluding steroid dienone is 3. The Bertz CT molecular complexity index is 295. The van der Waals surface area contributed by atoms with E-state index in [2.05, 4.69) is 26.8 Å². The summed E-state index contributed by atoms with van der Waals surface area (Å²) in [5.74, 6) is -0.223. The first-order chi connectivity index (χ1) is 6.48. The van der Waals surface area contributed by atoms with Crippen LogP contribution >= 0.6 is 0 Å². The number of hydrogen-bond donors (Lipinski definition) is 0. The molecule has 0 saturated carbocycles. The molecule has 0 spiro atoms. The summed E-state index contributed by atoms with van der Waals surface area (Å²) in [4.78, 5) is 11.3. The first kappa shape index (κ1) is 11.0. The zero-order chi connectivity index (χ0) is 10.8. The molecule has 0 aromatic rings. The van der Waals surface area contributed by atoms with E-state index in [0.717, 1.165) is 12.0 Å². The fourth-order valence-corrected chi connectivity index (χ4v) is 1.59. The van der Waals surface area contributed by atoms with Gasteiger partial charge in [0.2, 0.25) is 0 Å². The summed E-state index contributed by atoms with van der Waals surface area (Å²) < 4.78 is 4.89. The van der Waals surface area contributed by atoms with E-state index in [1.807, 2.05) is 6.92 Å². The fourth-order valence-electron chi connectivity index (χ4n) is 1.59. The molecule has 1 rings (SSSR count). The number of carbonyl (C=O) groups excluding carboxylic acids is 1. The Hall–Kier alpha value is -1.05. The van der Waals surface area contributed by atoms with Crippen molar-refractivity contribution in [3.63, 3.8) is 0 Å². The Morgan fingerprint density at radius 3 is 2.71 bits per heavy atom. The summed E-state index contributed by atoms with van der Waals surface area (Å²) in [6.07, 6.45) is 4.68. The molecule has 0 heterocycles. The predicted molar refractivity (Wildman–Crippen MR) is 56.9 cm³/mol. The molecule has 0 unspecified atom stereocenters. The highest BCUT2D eigenvalue weighted by atomic mass is 16.5. The van der Waals surface area contributed by atoms with Crippen molar-refractivity contribution in [3.05, 3.63) is 23.3 Å². The first-order valence-electron chi connectivity index (χ1n) is 5.03. The summed E-state index contributed by atoms with van der Waals surface area (Å²) in [6.45, 7) is 8.63. The maximum atomic E-state index is 11.3. The van der Waals surface area contributed by atoms with Crippen LogP contribution in [0.4, 0.5) is 0 Å². The van der Waals surface area contributed by atoms with Crippen molar-refractivity contribution in [2.75, 3.05) is 6.61 Å². The maximum absolute atomic E-state index is 11.3. The van der Waals surface area contributed by atoms with Crippen molar-refractivity contribution in [2.24, 2.45) is 5.41 Å². The molecule has 14 heavy (non-hydrogen) atoms. The molecular weight excluding hydrogens is 176 g/mol.